The number of imidazole rings is 1. The number of anilines is 1. The van der Waals surface area contributed by atoms with Crippen LogP contribution < -0.4 is 15.4 Å². The van der Waals surface area contributed by atoms with Crippen LogP contribution in [-0.4, -0.2) is 51.8 Å². The highest BCUT2D eigenvalue weighted by atomic mass is 19.1. The summed E-state index contributed by atoms with van der Waals surface area (Å²) in [7, 11) is 3.14. The number of hydrogen-bond acceptors (Lipinski definition) is 7. The number of carbonyl (C=O) groups excluding carboxylic acids is 1. The summed E-state index contributed by atoms with van der Waals surface area (Å²) >= 11 is 0. The van der Waals surface area contributed by atoms with Gasteiger partial charge in [0.15, 0.2) is 11.6 Å². The molecule has 2 N–H and O–H groups in total. The molecular formula is C26H26F2N6O3. The molecule has 3 heterocycles. The van der Waals surface area contributed by atoms with E-state index in [1.807, 2.05) is 0 Å². The van der Waals surface area contributed by atoms with Crippen molar-refractivity contribution in [1.82, 2.24) is 24.8 Å². The number of ether oxygens (including phenoxy) is 2. The zero-order valence-electron chi connectivity index (χ0n) is 20.4. The molecule has 0 bridgehead atoms. The highest BCUT2D eigenvalue weighted by Crippen LogP contribution is 2.27. The molecule has 0 spiro atoms. The molecule has 11 heteroatoms. The Kier molecular flexibility index (Phi) is 6.95. The fraction of sp³-hybridized carbons (Fsp3) is 0.308. The Morgan fingerprint density at radius 2 is 1.97 bits per heavy atom. The predicted octanol–water partition coefficient (Wildman–Crippen LogP) is 3.76. The van der Waals surface area contributed by atoms with Gasteiger partial charge in [-0.1, -0.05) is 6.07 Å². The number of nitrogens with one attached hydrogen (secondary N) is 2. The van der Waals surface area contributed by atoms with Crippen molar-refractivity contribution in [3.63, 3.8) is 0 Å². The molecule has 1 fully saturated rings. The first-order valence-corrected chi connectivity index (χ1v) is 11.8. The Morgan fingerprint density at radius 3 is 2.68 bits per heavy atom. The molecule has 1 aliphatic rings. The second kappa shape index (κ2) is 10.5. The van der Waals surface area contributed by atoms with Crippen LogP contribution in [0.25, 0.3) is 10.9 Å². The van der Waals surface area contributed by atoms with Gasteiger partial charge >= 0.3 is 0 Å². The number of hydrogen-bond donors (Lipinski definition) is 2. The fourth-order valence-electron chi connectivity index (χ4n) is 4.35. The number of rotatable bonds is 7. The minimum atomic E-state index is -0.803. The zero-order chi connectivity index (χ0) is 25.9. The van der Waals surface area contributed by atoms with Crippen LogP contribution in [0.3, 0.4) is 0 Å². The van der Waals surface area contributed by atoms with Crippen molar-refractivity contribution < 1.29 is 23.0 Å². The van der Waals surface area contributed by atoms with Crippen molar-refractivity contribution in [2.75, 3.05) is 25.6 Å². The van der Waals surface area contributed by atoms with Crippen LogP contribution in [-0.2, 0) is 11.8 Å². The van der Waals surface area contributed by atoms with Crippen LogP contribution in [0.5, 0.6) is 5.75 Å². The van der Waals surface area contributed by atoms with Gasteiger partial charge in [-0.3, -0.25) is 4.79 Å². The predicted molar refractivity (Wildman–Crippen MR) is 132 cm³/mol. The molecule has 0 radical (unpaired) electrons. The Labute approximate surface area is 211 Å². The van der Waals surface area contributed by atoms with E-state index in [0.717, 1.165) is 18.9 Å². The average molecular weight is 509 g/mol. The Hall–Kier alpha value is -4.12. The largest absolute Gasteiger partial charge is 0.494 e. The van der Waals surface area contributed by atoms with Crippen LogP contribution in [0.1, 0.15) is 40.6 Å². The van der Waals surface area contributed by atoms with E-state index >= 15 is 0 Å². The number of methoxy groups -OCH3 is 1. The van der Waals surface area contributed by atoms with Gasteiger partial charge in [0.05, 0.1) is 18.0 Å². The number of fused-ring (bicyclic) bond motifs is 1. The number of aryl methyl sites for hydroxylation is 1. The van der Waals surface area contributed by atoms with E-state index in [1.54, 1.807) is 30.1 Å². The first kappa shape index (κ1) is 24.6. The number of nitrogens with zero attached hydrogens (tertiary/aromatic N) is 4. The van der Waals surface area contributed by atoms with Crippen LogP contribution in [0.2, 0.25) is 0 Å². The van der Waals surface area contributed by atoms with E-state index in [0.29, 0.717) is 36.1 Å². The molecular weight excluding hydrogens is 482 g/mol. The van der Waals surface area contributed by atoms with Gasteiger partial charge < -0.3 is 24.7 Å². The number of carbonyl (C=O) groups is 1. The van der Waals surface area contributed by atoms with E-state index in [2.05, 4.69) is 25.6 Å². The highest BCUT2D eigenvalue weighted by molar-refractivity contribution is 5.98. The summed E-state index contributed by atoms with van der Waals surface area (Å²) in [6.07, 6.45) is 6.33. The number of halogens is 2. The first-order valence-electron chi connectivity index (χ1n) is 11.8. The molecule has 2 aromatic heterocycles. The molecule has 5 rings (SSSR count). The number of aromatic nitrogens is 4. The van der Waals surface area contributed by atoms with Gasteiger partial charge in [0, 0.05) is 50.5 Å². The molecule has 192 valence electrons. The summed E-state index contributed by atoms with van der Waals surface area (Å²) in [6, 6.07) is 6.40. The first-order chi connectivity index (χ1) is 17.9. The Morgan fingerprint density at radius 1 is 1.16 bits per heavy atom. The number of amides is 1. The summed E-state index contributed by atoms with van der Waals surface area (Å²) < 4.78 is 41.6. The molecule has 0 unspecified atom stereocenters. The third-order valence-corrected chi connectivity index (χ3v) is 6.37. The smallest absolute Gasteiger partial charge is 0.252 e. The SMILES string of the molecule is COc1ccc([C@H](NC(=O)c2cc(F)c3cnc(NC4CCOCC4)nc3c2)c2nccn2C)cc1F. The van der Waals surface area contributed by atoms with E-state index in [1.165, 1.54) is 31.5 Å². The fourth-order valence-corrected chi connectivity index (χ4v) is 4.35. The van der Waals surface area contributed by atoms with Crippen LogP contribution in [0.4, 0.5) is 14.7 Å². The summed E-state index contributed by atoms with van der Waals surface area (Å²) in [5.41, 5.74) is 0.806. The van der Waals surface area contributed by atoms with Crippen molar-refractivity contribution in [1.29, 1.82) is 0 Å². The monoisotopic (exact) mass is 508 g/mol. The Balaban J connectivity index is 1.45. The highest BCUT2D eigenvalue weighted by Gasteiger charge is 2.24. The lowest BCUT2D eigenvalue weighted by Crippen LogP contribution is -2.31. The van der Waals surface area contributed by atoms with Gasteiger partial charge in [0.2, 0.25) is 5.95 Å². The van der Waals surface area contributed by atoms with Crippen LogP contribution >= 0.6 is 0 Å². The average Bonchev–Trinajstić information content (AvgIpc) is 3.32. The molecule has 0 saturated carbocycles. The topological polar surface area (TPSA) is 103 Å². The molecule has 0 aliphatic carbocycles. The lowest BCUT2D eigenvalue weighted by atomic mass is 10.0. The quantitative estimate of drug-likeness (QED) is 0.392. The minimum Gasteiger partial charge on any atom is -0.494 e. The lowest BCUT2D eigenvalue weighted by molar-refractivity contribution is 0.0903. The zero-order valence-corrected chi connectivity index (χ0v) is 20.4. The van der Waals surface area contributed by atoms with Gasteiger partial charge in [-0.2, -0.15) is 0 Å². The summed E-state index contributed by atoms with van der Waals surface area (Å²) in [5, 5.41) is 6.31. The minimum absolute atomic E-state index is 0.0638. The third kappa shape index (κ3) is 5.21. The Bertz CT molecular complexity index is 1440. The van der Waals surface area contributed by atoms with Gasteiger partial charge in [0.1, 0.15) is 17.7 Å². The molecule has 1 amide bonds. The molecule has 4 aromatic rings. The summed E-state index contributed by atoms with van der Waals surface area (Å²) in [4.78, 5) is 26.3. The molecule has 9 nitrogen and oxygen atoms in total. The van der Waals surface area contributed by atoms with Gasteiger partial charge in [-0.25, -0.2) is 23.7 Å². The van der Waals surface area contributed by atoms with E-state index in [9.17, 15) is 13.6 Å². The molecule has 1 aliphatic heterocycles. The molecule has 2 aromatic carbocycles. The van der Waals surface area contributed by atoms with Gasteiger partial charge in [-0.15, -0.1) is 0 Å². The van der Waals surface area contributed by atoms with Crippen molar-refractivity contribution in [2.24, 2.45) is 7.05 Å². The summed E-state index contributed by atoms with van der Waals surface area (Å²) in [5.74, 6) is -0.853. The van der Waals surface area contributed by atoms with E-state index in [-0.39, 0.29) is 22.7 Å². The van der Waals surface area contributed by atoms with E-state index in [4.69, 9.17) is 9.47 Å². The standard InChI is InChI=1S/C26H26F2N6O3/c1-34-8-7-29-24(34)23(15-3-4-22(36-2)20(28)11-15)33-25(35)16-12-19(27)18-14-30-26(32-21(18)13-16)31-17-5-9-37-10-6-17/h3-4,7-8,11-14,17,23H,5-6,9-10H2,1-2H3,(H,33,35)(H,30,31,32)/t23-/m0/s1. The lowest BCUT2D eigenvalue weighted by Gasteiger charge is -2.23. The normalized spacial score (nSPS) is 14.9. The molecule has 1 saturated heterocycles. The maximum atomic E-state index is 15.0. The van der Waals surface area contributed by atoms with Gasteiger partial charge in [-0.05, 0) is 42.7 Å². The summed E-state index contributed by atoms with van der Waals surface area (Å²) in [6.45, 7) is 1.30. The van der Waals surface area contributed by atoms with Crippen molar-refractivity contribution in [2.45, 2.75) is 24.9 Å². The van der Waals surface area contributed by atoms with Crippen molar-refractivity contribution >= 4 is 22.8 Å². The maximum absolute atomic E-state index is 15.0. The molecule has 1 atom stereocenters. The van der Waals surface area contributed by atoms with Crippen LogP contribution in [0.15, 0.2) is 48.9 Å². The van der Waals surface area contributed by atoms with Gasteiger partial charge in [0.25, 0.3) is 5.91 Å². The third-order valence-electron chi connectivity index (χ3n) is 6.37. The maximum Gasteiger partial charge on any atom is 0.252 e. The van der Waals surface area contributed by atoms with Crippen molar-refractivity contribution in [3.8, 4) is 5.75 Å². The van der Waals surface area contributed by atoms with E-state index < -0.39 is 23.6 Å². The molecule has 37 heavy (non-hydrogen) atoms. The second-order valence-electron chi connectivity index (χ2n) is 8.81. The number of benzene rings is 2. The van der Waals surface area contributed by atoms with Crippen molar-refractivity contribution in [3.05, 3.63) is 77.5 Å². The van der Waals surface area contributed by atoms with Crippen LogP contribution in [0, 0.1) is 11.6 Å². The second-order valence-corrected chi connectivity index (χ2v) is 8.81.